The van der Waals surface area contributed by atoms with Crippen LogP contribution in [0.3, 0.4) is 0 Å². The van der Waals surface area contributed by atoms with Crippen molar-refractivity contribution in [3.05, 3.63) is 65.0 Å². The molecule has 0 saturated heterocycles. The highest BCUT2D eigenvalue weighted by molar-refractivity contribution is 5.95. The molecule has 0 radical (unpaired) electrons. The summed E-state index contributed by atoms with van der Waals surface area (Å²) in [6, 6.07) is 9.24. The Balaban J connectivity index is 1.65. The molecule has 0 saturated carbocycles. The lowest BCUT2D eigenvalue weighted by Gasteiger charge is -2.25. The van der Waals surface area contributed by atoms with Crippen molar-refractivity contribution in [2.75, 3.05) is 6.54 Å². The van der Waals surface area contributed by atoms with Crippen LogP contribution in [0, 0.1) is 5.92 Å². The molecule has 0 bridgehead atoms. The second-order valence-corrected chi connectivity index (χ2v) is 6.01. The molecule has 0 aliphatic heterocycles. The number of rotatable bonds is 3. The van der Waals surface area contributed by atoms with Crippen molar-refractivity contribution in [1.29, 1.82) is 0 Å². The normalized spacial score (nSPS) is 17.2. The van der Waals surface area contributed by atoms with Gasteiger partial charge in [-0.25, -0.2) is 0 Å². The molecule has 1 amide bonds. The van der Waals surface area contributed by atoms with Gasteiger partial charge < -0.3 is 5.32 Å². The summed E-state index contributed by atoms with van der Waals surface area (Å²) >= 11 is 0. The van der Waals surface area contributed by atoms with E-state index in [1.807, 2.05) is 12.1 Å². The van der Waals surface area contributed by atoms with Gasteiger partial charge in [0, 0.05) is 18.9 Å². The second kappa shape index (κ2) is 6.63. The number of aryl methyl sites for hydroxylation is 1. The Bertz CT molecular complexity index is 743. The molecular weight excluding hydrogens is 317 g/mol. The van der Waals surface area contributed by atoms with Crippen LogP contribution < -0.4 is 5.32 Å². The summed E-state index contributed by atoms with van der Waals surface area (Å²) in [7, 11) is 0. The van der Waals surface area contributed by atoms with E-state index in [2.05, 4.69) is 22.4 Å². The average molecular weight is 334 g/mol. The molecule has 3 rings (SSSR count). The number of benzene rings is 1. The van der Waals surface area contributed by atoms with E-state index in [-0.39, 0.29) is 11.5 Å². The second-order valence-electron chi connectivity index (χ2n) is 6.01. The number of hydrogen-bond acceptors (Lipinski definition) is 2. The van der Waals surface area contributed by atoms with E-state index in [0.29, 0.717) is 12.7 Å². The molecule has 1 heterocycles. The van der Waals surface area contributed by atoms with E-state index < -0.39 is 17.6 Å². The fourth-order valence-electron chi connectivity index (χ4n) is 3.10. The number of carbonyl (C=O) groups is 1. The van der Waals surface area contributed by atoms with Crippen LogP contribution in [0.1, 0.15) is 33.5 Å². The maximum absolute atomic E-state index is 12.9. The highest BCUT2D eigenvalue weighted by atomic mass is 19.4. The smallest absolute Gasteiger partial charge is 0.352 e. The number of halogens is 3. The Morgan fingerprint density at radius 2 is 1.96 bits per heavy atom. The summed E-state index contributed by atoms with van der Waals surface area (Å²) in [5, 5.41) is 2.65. The predicted molar refractivity (Wildman–Crippen MR) is 83.5 cm³/mol. The summed E-state index contributed by atoms with van der Waals surface area (Å²) in [6.45, 7) is 0.368. The Labute approximate surface area is 137 Å². The number of aromatic nitrogens is 1. The number of carbonyl (C=O) groups excluding carboxylic acids is 1. The Morgan fingerprint density at radius 1 is 1.21 bits per heavy atom. The number of hydrogen-bond donors (Lipinski definition) is 1. The summed E-state index contributed by atoms with van der Waals surface area (Å²) in [5.41, 5.74) is 1.18. The number of nitrogens with zero attached hydrogens (tertiary/aromatic N) is 1. The van der Waals surface area contributed by atoms with Gasteiger partial charge in [0.25, 0.3) is 5.91 Å². The van der Waals surface area contributed by atoms with Crippen molar-refractivity contribution in [1.82, 2.24) is 10.3 Å². The van der Waals surface area contributed by atoms with Crippen molar-refractivity contribution in [2.45, 2.75) is 25.4 Å². The SMILES string of the molecule is O=C(NCC1CCc2ccccc2C1)c1ccncc1C(F)(F)F. The lowest BCUT2D eigenvalue weighted by atomic mass is 9.84. The van der Waals surface area contributed by atoms with Gasteiger partial charge in [0.05, 0.1) is 11.1 Å². The topological polar surface area (TPSA) is 42.0 Å². The fourth-order valence-corrected chi connectivity index (χ4v) is 3.10. The monoisotopic (exact) mass is 334 g/mol. The minimum absolute atomic E-state index is 0.236. The zero-order chi connectivity index (χ0) is 17.2. The van der Waals surface area contributed by atoms with Crippen molar-refractivity contribution in [3.63, 3.8) is 0 Å². The fraction of sp³-hybridized carbons (Fsp3) is 0.333. The molecular formula is C18H17F3N2O. The average Bonchev–Trinajstić information content (AvgIpc) is 2.58. The third-order valence-corrected chi connectivity index (χ3v) is 4.37. The van der Waals surface area contributed by atoms with Crippen LogP contribution in [0.4, 0.5) is 13.2 Å². The minimum atomic E-state index is -4.59. The van der Waals surface area contributed by atoms with E-state index in [9.17, 15) is 18.0 Å². The largest absolute Gasteiger partial charge is 0.418 e. The molecule has 1 aliphatic carbocycles. The summed E-state index contributed by atoms with van der Waals surface area (Å²) in [5.74, 6) is -0.469. The number of pyridine rings is 1. The van der Waals surface area contributed by atoms with E-state index >= 15 is 0 Å². The third-order valence-electron chi connectivity index (χ3n) is 4.37. The van der Waals surface area contributed by atoms with Crippen LogP contribution in [-0.4, -0.2) is 17.4 Å². The van der Waals surface area contributed by atoms with Gasteiger partial charge in [0.1, 0.15) is 0 Å². The number of alkyl halides is 3. The zero-order valence-corrected chi connectivity index (χ0v) is 12.9. The zero-order valence-electron chi connectivity index (χ0n) is 12.9. The number of amides is 1. The summed E-state index contributed by atoms with van der Waals surface area (Å²) in [4.78, 5) is 15.6. The van der Waals surface area contributed by atoms with Gasteiger partial charge in [-0.2, -0.15) is 13.2 Å². The molecule has 1 unspecified atom stereocenters. The molecule has 2 aromatic rings. The highest BCUT2D eigenvalue weighted by Crippen LogP contribution is 2.31. The lowest BCUT2D eigenvalue weighted by Crippen LogP contribution is -2.33. The first kappa shape index (κ1) is 16.5. The van der Waals surface area contributed by atoms with Crippen LogP contribution in [-0.2, 0) is 19.0 Å². The van der Waals surface area contributed by atoms with Gasteiger partial charge in [-0.15, -0.1) is 0 Å². The van der Waals surface area contributed by atoms with Gasteiger partial charge >= 0.3 is 6.18 Å². The molecule has 0 fully saturated rings. The van der Waals surface area contributed by atoms with Gasteiger partial charge in [0.15, 0.2) is 0 Å². The molecule has 3 nitrogen and oxygen atoms in total. The molecule has 1 aliphatic rings. The molecule has 1 aromatic heterocycles. The van der Waals surface area contributed by atoms with E-state index in [0.717, 1.165) is 25.3 Å². The van der Waals surface area contributed by atoms with Crippen molar-refractivity contribution in [3.8, 4) is 0 Å². The van der Waals surface area contributed by atoms with Crippen LogP contribution in [0.15, 0.2) is 42.7 Å². The first-order valence-corrected chi connectivity index (χ1v) is 7.81. The molecule has 1 aromatic carbocycles. The summed E-state index contributed by atoms with van der Waals surface area (Å²) < 4.78 is 38.8. The maximum atomic E-state index is 12.9. The van der Waals surface area contributed by atoms with Gasteiger partial charge in [-0.05, 0) is 42.4 Å². The van der Waals surface area contributed by atoms with Crippen LogP contribution in [0.5, 0.6) is 0 Å². The van der Waals surface area contributed by atoms with Gasteiger partial charge in [-0.3, -0.25) is 9.78 Å². The first-order chi connectivity index (χ1) is 11.4. The van der Waals surface area contributed by atoms with E-state index in [1.54, 1.807) is 0 Å². The van der Waals surface area contributed by atoms with Crippen LogP contribution in [0.2, 0.25) is 0 Å². The predicted octanol–water partition coefficient (Wildman–Crippen LogP) is 3.64. The van der Waals surface area contributed by atoms with Crippen molar-refractivity contribution < 1.29 is 18.0 Å². The van der Waals surface area contributed by atoms with Crippen LogP contribution >= 0.6 is 0 Å². The summed E-state index contributed by atoms with van der Waals surface area (Å²) in [6.07, 6.45) is -0.0318. The van der Waals surface area contributed by atoms with Gasteiger partial charge in [0.2, 0.25) is 0 Å². The Kier molecular flexibility index (Phi) is 4.55. The number of fused-ring (bicyclic) bond motifs is 1. The quantitative estimate of drug-likeness (QED) is 0.931. The van der Waals surface area contributed by atoms with E-state index in [1.165, 1.54) is 17.3 Å². The molecule has 24 heavy (non-hydrogen) atoms. The standard InChI is InChI=1S/C18H17F3N2O/c19-18(20,21)16-11-22-8-7-15(16)17(24)23-10-12-5-6-13-3-1-2-4-14(13)9-12/h1-4,7-8,11-12H,5-6,9-10H2,(H,23,24). The number of nitrogens with one attached hydrogen (secondary N) is 1. The van der Waals surface area contributed by atoms with Crippen molar-refractivity contribution >= 4 is 5.91 Å². The minimum Gasteiger partial charge on any atom is -0.352 e. The Hall–Kier alpha value is -2.37. The molecule has 6 heteroatoms. The maximum Gasteiger partial charge on any atom is 0.418 e. The Morgan fingerprint density at radius 3 is 2.71 bits per heavy atom. The lowest BCUT2D eigenvalue weighted by molar-refractivity contribution is -0.138. The van der Waals surface area contributed by atoms with E-state index in [4.69, 9.17) is 0 Å². The van der Waals surface area contributed by atoms with Gasteiger partial charge in [-0.1, -0.05) is 24.3 Å². The van der Waals surface area contributed by atoms with Crippen molar-refractivity contribution in [2.24, 2.45) is 5.92 Å². The highest BCUT2D eigenvalue weighted by Gasteiger charge is 2.35. The first-order valence-electron chi connectivity index (χ1n) is 7.81. The molecule has 0 spiro atoms. The molecule has 1 atom stereocenters. The third kappa shape index (κ3) is 3.58. The molecule has 126 valence electrons. The molecule has 1 N–H and O–H groups in total. The van der Waals surface area contributed by atoms with Crippen LogP contribution in [0.25, 0.3) is 0 Å².